The molecule has 0 aliphatic rings. The molecular weight excluding hydrogens is 488 g/mol. The molecule has 4 nitrogen and oxygen atoms in total. The van der Waals surface area contributed by atoms with E-state index in [9.17, 15) is 0 Å². The molecule has 0 radical (unpaired) electrons. The van der Waals surface area contributed by atoms with E-state index >= 15 is 0 Å². The maximum absolute atomic E-state index is 5.01. The third-order valence-corrected chi connectivity index (χ3v) is 7.53. The van der Waals surface area contributed by atoms with Crippen molar-refractivity contribution in [3.63, 3.8) is 0 Å². The first-order valence-electron chi connectivity index (χ1n) is 13.4. The standard InChI is InChI=1S/C36H26N4/c1-23-26(16-18-32(39-23)25-10-9-20-37-22-25)35-28-11-3-5-13-30(28)36(31-14-6-4-12-29(31)35)27-17-19-34(40-24(27)2)33-15-7-8-21-38-33/h3-22H,1-2H3. The first-order chi connectivity index (χ1) is 19.7. The van der Waals surface area contributed by atoms with Crippen molar-refractivity contribution in [1.29, 1.82) is 0 Å². The van der Waals surface area contributed by atoms with Crippen molar-refractivity contribution in [3.8, 4) is 44.9 Å². The summed E-state index contributed by atoms with van der Waals surface area (Å²) < 4.78 is 0. The van der Waals surface area contributed by atoms with Crippen molar-refractivity contribution in [1.82, 2.24) is 19.9 Å². The summed E-state index contributed by atoms with van der Waals surface area (Å²) in [5, 5.41) is 4.79. The molecule has 0 saturated heterocycles. The van der Waals surface area contributed by atoms with Crippen LogP contribution in [0.2, 0.25) is 0 Å². The van der Waals surface area contributed by atoms with Crippen LogP contribution in [0.4, 0.5) is 0 Å². The number of benzene rings is 3. The summed E-state index contributed by atoms with van der Waals surface area (Å²) in [6.45, 7) is 4.18. The SMILES string of the molecule is Cc1nc(-c2cccnc2)ccc1-c1c2ccccc2c(-c2ccc(-c3ccccn3)nc2C)c2ccccc12. The second-order valence-electron chi connectivity index (χ2n) is 9.96. The molecule has 4 aromatic heterocycles. The number of fused-ring (bicyclic) bond motifs is 2. The number of hydrogen-bond acceptors (Lipinski definition) is 4. The highest BCUT2D eigenvalue weighted by Crippen LogP contribution is 2.45. The molecule has 0 spiro atoms. The Morgan fingerprint density at radius 3 is 1.50 bits per heavy atom. The zero-order chi connectivity index (χ0) is 27.1. The van der Waals surface area contributed by atoms with E-state index in [1.165, 1.54) is 32.7 Å². The molecule has 0 fully saturated rings. The number of nitrogens with zero attached hydrogens (tertiary/aromatic N) is 4. The van der Waals surface area contributed by atoms with Crippen molar-refractivity contribution in [2.24, 2.45) is 0 Å². The van der Waals surface area contributed by atoms with Gasteiger partial charge < -0.3 is 0 Å². The largest absolute Gasteiger partial charge is 0.264 e. The number of hydrogen-bond donors (Lipinski definition) is 0. The zero-order valence-corrected chi connectivity index (χ0v) is 22.3. The first-order valence-corrected chi connectivity index (χ1v) is 13.4. The van der Waals surface area contributed by atoms with Crippen LogP contribution < -0.4 is 0 Å². The number of rotatable bonds is 4. The van der Waals surface area contributed by atoms with E-state index in [2.05, 4.69) is 96.6 Å². The van der Waals surface area contributed by atoms with Gasteiger partial charge in [0.15, 0.2) is 0 Å². The topological polar surface area (TPSA) is 51.6 Å². The average molecular weight is 515 g/mol. The zero-order valence-electron chi connectivity index (χ0n) is 22.3. The Kier molecular flexibility index (Phi) is 5.86. The van der Waals surface area contributed by atoms with Crippen molar-refractivity contribution < 1.29 is 0 Å². The molecule has 190 valence electrons. The van der Waals surface area contributed by atoms with E-state index < -0.39 is 0 Å². The number of pyridine rings is 4. The van der Waals surface area contributed by atoms with E-state index in [0.29, 0.717) is 0 Å². The van der Waals surface area contributed by atoms with Gasteiger partial charge in [-0.1, -0.05) is 66.7 Å². The molecule has 40 heavy (non-hydrogen) atoms. The second-order valence-corrected chi connectivity index (χ2v) is 9.96. The highest BCUT2D eigenvalue weighted by Gasteiger charge is 2.19. The molecule has 7 aromatic rings. The Hall–Kier alpha value is -5.22. The van der Waals surface area contributed by atoms with Crippen LogP contribution >= 0.6 is 0 Å². The molecule has 4 heterocycles. The average Bonchev–Trinajstić information content (AvgIpc) is 3.01. The van der Waals surface area contributed by atoms with Gasteiger partial charge in [0.2, 0.25) is 0 Å². The molecule has 0 amide bonds. The molecule has 0 saturated carbocycles. The molecule has 0 aliphatic heterocycles. The minimum atomic E-state index is 0.875. The third kappa shape index (κ3) is 4.02. The minimum absolute atomic E-state index is 0.875. The lowest BCUT2D eigenvalue weighted by Gasteiger charge is -2.19. The monoisotopic (exact) mass is 514 g/mol. The summed E-state index contributed by atoms with van der Waals surface area (Å²) in [6, 6.07) is 35.8. The van der Waals surface area contributed by atoms with Crippen LogP contribution in [0.15, 0.2) is 122 Å². The quantitative estimate of drug-likeness (QED) is 0.220. The predicted octanol–water partition coefficient (Wildman–Crippen LogP) is 8.86. The van der Waals surface area contributed by atoms with Crippen LogP contribution in [0.5, 0.6) is 0 Å². The highest BCUT2D eigenvalue weighted by molar-refractivity contribution is 6.21. The summed E-state index contributed by atoms with van der Waals surface area (Å²) in [5.74, 6) is 0. The summed E-state index contributed by atoms with van der Waals surface area (Å²) in [4.78, 5) is 18.8. The van der Waals surface area contributed by atoms with Crippen LogP contribution in [0.1, 0.15) is 11.4 Å². The number of aromatic nitrogens is 4. The third-order valence-electron chi connectivity index (χ3n) is 7.53. The maximum atomic E-state index is 5.01. The van der Waals surface area contributed by atoms with Crippen molar-refractivity contribution in [3.05, 3.63) is 133 Å². The van der Waals surface area contributed by atoms with E-state index in [-0.39, 0.29) is 0 Å². The fourth-order valence-electron chi connectivity index (χ4n) is 5.69. The van der Waals surface area contributed by atoms with E-state index in [4.69, 9.17) is 9.97 Å². The highest BCUT2D eigenvalue weighted by atomic mass is 14.8. The van der Waals surface area contributed by atoms with Gasteiger partial charge in [-0.3, -0.25) is 19.9 Å². The van der Waals surface area contributed by atoms with Crippen molar-refractivity contribution >= 4 is 21.5 Å². The first kappa shape index (κ1) is 23.9. The van der Waals surface area contributed by atoms with E-state index in [1.807, 2.05) is 36.5 Å². The Morgan fingerprint density at radius 1 is 0.450 bits per heavy atom. The lowest BCUT2D eigenvalue weighted by molar-refractivity contribution is 1.18. The predicted molar refractivity (Wildman–Crippen MR) is 164 cm³/mol. The van der Waals surface area contributed by atoms with Gasteiger partial charge in [-0.15, -0.1) is 0 Å². The minimum Gasteiger partial charge on any atom is -0.264 e. The molecule has 0 unspecified atom stereocenters. The van der Waals surface area contributed by atoms with Gasteiger partial charge in [0.25, 0.3) is 0 Å². The van der Waals surface area contributed by atoms with Crippen LogP contribution in [-0.2, 0) is 0 Å². The van der Waals surface area contributed by atoms with Gasteiger partial charge in [0, 0.05) is 46.7 Å². The Labute approximate surface area is 233 Å². The summed E-state index contributed by atoms with van der Waals surface area (Å²) in [6.07, 6.45) is 5.45. The van der Waals surface area contributed by atoms with Gasteiger partial charge in [-0.2, -0.15) is 0 Å². The van der Waals surface area contributed by atoms with E-state index in [1.54, 1.807) is 12.4 Å². The lowest BCUT2D eigenvalue weighted by atomic mass is 9.85. The van der Waals surface area contributed by atoms with Gasteiger partial charge in [-0.25, -0.2) is 0 Å². The maximum Gasteiger partial charge on any atom is 0.0889 e. The molecule has 0 aliphatic carbocycles. The molecule has 0 N–H and O–H groups in total. The van der Waals surface area contributed by atoms with Crippen molar-refractivity contribution in [2.45, 2.75) is 13.8 Å². The molecule has 3 aromatic carbocycles. The molecule has 4 heteroatoms. The van der Waals surface area contributed by atoms with Crippen LogP contribution in [-0.4, -0.2) is 19.9 Å². The normalized spacial score (nSPS) is 11.2. The molecule has 0 atom stereocenters. The Balaban J connectivity index is 1.48. The van der Waals surface area contributed by atoms with Gasteiger partial charge in [0.1, 0.15) is 0 Å². The van der Waals surface area contributed by atoms with Crippen molar-refractivity contribution in [2.75, 3.05) is 0 Å². The second kappa shape index (κ2) is 9.83. The smallest absolute Gasteiger partial charge is 0.0889 e. The van der Waals surface area contributed by atoms with E-state index in [0.717, 1.165) is 45.2 Å². The molecule has 0 bridgehead atoms. The van der Waals surface area contributed by atoms with Gasteiger partial charge >= 0.3 is 0 Å². The summed E-state index contributed by atoms with van der Waals surface area (Å²) in [5.41, 5.74) is 10.3. The summed E-state index contributed by atoms with van der Waals surface area (Å²) >= 11 is 0. The fourth-order valence-corrected chi connectivity index (χ4v) is 5.69. The molecular formula is C36H26N4. The van der Waals surface area contributed by atoms with Crippen LogP contribution in [0.3, 0.4) is 0 Å². The van der Waals surface area contributed by atoms with Crippen LogP contribution in [0, 0.1) is 13.8 Å². The Morgan fingerprint density at radius 2 is 1.00 bits per heavy atom. The van der Waals surface area contributed by atoms with Crippen LogP contribution in [0.25, 0.3) is 66.4 Å². The summed E-state index contributed by atoms with van der Waals surface area (Å²) in [7, 11) is 0. The van der Waals surface area contributed by atoms with Gasteiger partial charge in [-0.05, 0) is 82.9 Å². The lowest BCUT2D eigenvalue weighted by Crippen LogP contribution is -1.97. The number of aryl methyl sites for hydroxylation is 2. The fraction of sp³-hybridized carbons (Fsp3) is 0.0556. The molecule has 7 rings (SSSR count). The Bertz CT molecular complexity index is 1810. The van der Waals surface area contributed by atoms with Gasteiger partial charge in [0.05, 0.1) is 17.1 Å².